The van der Waals surface area contributed by atoms with Crippen LogP contribution in [0.15, 0.2) is 29.6 Å². The number of halogens is 1. The van der Waals surface area contributed by atoms with E-state index in [-0.39, 0.29) is 10.7 Å². The number of nitrogens with zero attached hydrogens (tertiary/aromatic N) is 1. The van der Waals surface area contributed by atoms with E-state index in [4.69, 9.17) is 11.6 Å². The maximum atomic E-state index is 12.6. The van der Waals surface area contributed by atoms with Crippen LogP contribution in [0.1, 0.15) is 13.3 Å². The minimum Gasteiger partial charge on any atom is -0.314 e. The van der Waals surface area contributed by atoms with Crippen LogP contribution in [-0.4, -0.2) is 11.1 Å². The molecule has 0 saturated carbocycles. The zero-order valence-corrected chi connectivity index (χ0v) is 10.9. The van der Waals surface area contributed by atoms with Crippen molar-refractivity contribution in [2.24, 2.45) is 0 Å². The van der Waals surface area contributed by atoms with Crippen LogP contribution in [0, 0.1) is 10.1 Å². The number of rotatable bonds is 2. The number of nitro groups is 1. The van der Waals surface area contributed by atoms with Gasteiger partial charge in [-0.05, 0) is 31.3 Å². The highest BCUT2D eigenvalue weighted by Crippen LogP contribution is 2.53. The first-order valence-corrected chi connectivity index (χ1v) is 7.48. The summed E-state index contributed by atoms with van der Waals surface area (Å²) in [6, 6.07) is 4.39. The first kappa shape index (κ1) is 12.3. The molecule has 1 aromatic rings. The van der Waals surface area contributed by atoms with Crippen molar-refractivity contribution in [2.45, 2.75) is 13.3 Å². The third-order valence-electron chi connectivity index (χ3n) is 2.83. The second-order valence-electron chi connectivity index (χ2n) is 4.14. The molecule has 0 aliphatic carbocycles. The average molecular weight is 272 g/mol. The summed E-state index contributed by atoms with van der Waals surface area (Å²) in [6.07, 6.45) is 1.34. The molecule has 1 unspecified atom stereocenters. The fourth-order valence-corrected chi connectivity index (χ4v) is 4.82. The van der Waals surface area contributed by atoms with Gasteiger partial charge < -0.3 is 4.57 Å². The molecule has 0 aromatic heterocycles. The molecule has 0 amide bonds. The van der Waals surface area contributed by atoms with Gasteiger partial charge in [-0.1, -0.05) is 17.2 Å². The number of benzene rings is 1. The number of hydrogen-bond acceptors (Lipinski definition) is 3. The van der Waals surface area contributed by atoms with Crippen LogP contribution in [0.3, 0.4) is 0 Å². The first-order chi connectivity index (χ1) is 7.92. The van der Waals surface area contributed by atoms with Crippen molar-refractivity contribution >= 4 is 29.7 Å². The van der Waals surface area contributed by atoms with E-state index in [0.717, 1.165) is 12.0 Å². The monoisotopic (exact) mass is 271 g/mol. The standard InChI is InChI=1S/C11H11ClNO3P/c1-8-4-5-17(16,7-8)9-2-3-10(12)11(6-9)13(14)15/h2-3,6-7H,4-5H2,1H3. The minimum absolute atomic E-state index is 0.0743. The summed E-state index contributed by atoms with van der Waals surface area (Å²) in [7, 11) is -2.59. The Morgan fingerprint density at radius 2 is 2.18 bits per heavy atom. The van der Waals surface area contributed by atoms with Gasteiger partial charge in [0.05, 0.1) is 4.92 Å². The van der Waals surface area contributed by atoms with E-state index in [1.165, 1.54) is 12.1 Å². The van der Waals surface area contributed by atoms with Gasteiger partial charge in [0.2, 0.25) is 0 Å². The fraction of sp³-hybridized carbons (Fsp3) is 0.273. The molecule has 2 rings (SSSR count). The van der Waals surface area contributed by atoms with Crippen molar-refractivity contribution in [1.82, 2.24) is 0 Å². The topological polar surface area (TPSA) is 60.2 Å². The van der Waals surface area contributed by atoms with Crippen LogP contribution in [-0.2, 0) is 4.57 Å². The SMILES string of the molecule is CC1=CP(=O)(c2ccc(Cl)c([N+](=O)[O-])c2)CC1. The van der Waals surface area contributed by atoms with Crippen molar-refractivity contribution in [2.75, 3.05) is 6.16 Å². The molecule has 17 heavy (non-hydrogen) atoms. The lowest BCUT2D eigenvalue weighted by atomic mass is 10.3. The molecule has 1 aromatic carbocycles. The van der Waals surface area contributed by atoms with Gasteiger partial charge in [0.15, 0.2) is 0 Å². The van der Waals surface area contributed by atoms with E-state index in [0.29, 0.717) is 11.5 Å². The molecule has 0 radical (unpaired) electrons. The molecule has 1 atom stereocenters. The van der Waals surface area contributed by atoms with E-state index in [1.54, 1.807) is 11.9 Å². The lowest BCUT2D eigenvalue weighted by molar-refractivity contribution is -0.384. The summed E-state index contributed by atoms with van der Waals surface area (Å²) in [5, 5.41) is 11.4. The third-order valence-corrected chi connectivity index (χ3v) is 6.05. The number of nitro benzene ring substituents is 1. The van der Waals surface area contributed by atoms with Gasteiger partial charge >= 0.3 is 0 Å². The minimum atomic E-state index is -2.59. The molecule has 1 aliphatic rings. The molecule has 1 heterocycles. The van der Waals surface area contributed by atoms with E-state index < -0.39 is 12.1 Å². The summed E-state index contributed by atoms with van der Waals surface area (Å²) in [4.78, 5) is 10.2. The van der Waals surface area contributed by atoms with Crippen molar-refractivity contribution in [3.63, 3.8) is 0 Å². The zero-order valence-electron chi connectivity index (χ0n) is 9.22. The molecular weight excluding hydrogens is 261 g/mol. The largest absolute Gasteiger partial charge is 0.314 e. The van der Waals surface area contributed by atoms with Gasteiger partial charge in [0, 0.05) is 17.5 Å². The molecule has 0 N–H and O–H groups in total. The normalized spacial score (nSPS) is 23.5. The average Bonchev–Trinajstić information content (AvgIpc) is 2.60. The molecule has 0 spiro atoms. The fourth-order valence-electron chi connectivity index (χ4n) is 1.91. The molecule has 90 valence electrons. The molecule has 0 bridgehead atoms. The lowest BCUT2D eigenvalue weighted by Gasteiger charge is -2.09. The van der Waals surface area contributed by atoms with Crippen LogP contribution >= 0.6 is 18.7 Å². The van der Waals surface area contributed by atoms with Crippen molar-refractivity contribution in [3.05, 3.63) is 44.7 Å². The van der Waals surface area contributed by atoms with Gasteiger partial charge in [0.25, 0.3) is 5.69 Å². The number of hydrogen-bond donors (Lipinski definition) is 0. The highest BCUT2D eigenvalue weighted by molar-refractivity contribution is 7.74. The third kappa shape index (κ3) is 2.28. The Bertz CT molecular complexity index is 568. The highest BCUT2D eigenvalue weighted by Gasteiger charge is 2.29. The lowest BCUT2D eigenvalue weighted by Crippen LogP contribution is -2.05. The van der Waals surface area contributed by atoms with Gasteiger partial charge in [-0.25, -0.2) is 0 Å². The summed E-state index contributed by atoms with van der Waals surface area (Å²) in [6.45, 7) is 1.92. The Labute approximate surface area is 104 Å². The Kier molecular flexibility index (Phi) is 3.11. The molecule has 6 heteroatoms. The second kappa shape index (κ2) is 4.28. The van der Waals surface area contributed by atoms with Crippen molar-refractivity contribution in [3.8, 4) is 0 Å². The maximum absolute atomic E-state index is 12.6. The summed E-state index contributed by atoms with van der Waals surface area (Å²) in [5.41, 5.74) is 0.892. The van der Waals surface area contributed by atoms with Gasteiger partial charge in [-0.3, -0.25) is 10.1 Å². The van der Waals surface area contributed by atoms with E-state index in [2.05, 4.69) is 0 Å². The Morgan fingerprint density at radius 3 is 2.71 bits per heavy atom. The molecule has 1 aliphatic heterocycles. The van der Waals surface area contributed by atoms with E-state index in [9.17, 15) is 14.7 Å². The smallest absolute Gasteiger partial charge is 0.288 e. The van der Waals surface area contributed by atoms with Crippen LogP contribution in [0.4, 0.5) is 5.69 Å². The Morgan fingerprint density at radius 1 is 1.47 bits per heavy atom. The zero-order chi connectivity index (χ0) is 12.6. The second-order valence-corrected chi connectivity index (χ2v) is 7.36. The summed E-state index contributed by atoms with van der Waals surface area (Å²) < 4.78 is 12.6. The van der Waals surface area contributed by atoms with Gasteiger partial charge in [-0.15, -0.1) is 0 Å². The predicted octanol–water partition coefficient (Wildman–Crippen LogP) is 3.54. The van der Waals surface area contributed by atoms with Crippen LogP contribution in [0.25, 0.3) is 0 Å². The Hall–Kier alpha value is -1.12. The molecule has 0 saturated heterocycles. The van der Waals surface area contributed by atoms with Crippen molar-refractivity contribution in [1.29, 1.82) is 0 Å². The molecular formula is C11H11ClNO3P. The van der Waals surface area contributed by atoms with Crippen LogP contribution in [0.2, 0.25) is 5.02 Å². The van der Waals surface area contributed by atoms with Crippen LogP contribution in [0.5, 0.6) is 0 Å². The van der Waals surface area contributed by atoms with Gasteiger partial charge in [-0.2, -0.15) is 0 Å². The quantitative estimate of drug-likeness (QED) is 0.469. The maximum Gasteiger partial charge on any atom is 0.288 e. The van der Waals surface area contributed by atoms with Crippen LogP contribution < -0.4 is 5.30 Å². The molecule has 4 nitrogen and oxygen atoms in total. The molecule has 0 fully saturated rings. The summed E-state index contributed by atoms with van der Waals surface area (Å²) in [5.74, 6) is 1.75. The van der Waals surface area contributed by atoms with E-state index in [1.807, 2.05) is 6.92 Å². The predicted molar refractivity (Wildman–Crippen MR) is 68.6 cm³/mol. The van der Waals surface area contributed by atoms with Gasteiger partial charge in [0.1, 0.15) is 12.2 Å². The Balaban J connectivity index is 2.52. The highest BCUT2D eigenvalue weighted by atomic mass is 35.5. The van der Waals surface area contributed by atoms with E-state index >= 15 is 0 Å². The number of allylic oxidation sites excluding steroid dienone is 1. The first-order valence-electron chi connectivity index (χ1n) is 5.14. The summed E-state index contributed by atoms with van der Waals surface area (Å²) >= 11 is 5.73. The van der Waals surface area contributed by atoms with Crippen molar-refractivity contribution < 1.29 is 9.49 Å².